The molecule has 0 aliphatic heterocycles. The molecule has 2 aromatic heterocycles. The average Bonchev–Trinajstić information content (AvgIpc) is 3.02. The molecule has 0 saturated heterocycles. The largest absolute Gasteiger partial charge is 0.381 e. The lowest BCUT2D eigenvalue weighted by atomic mass is 10.2. The molecule has 0 atom stereocenters. The Labute approximate surface area is 127 Å². The second kappa shape index (κ2) is 5.65. The lowest BCUT2D eigenvalue weighted by Gasteiger charge is -2.07. The highest BCUT2D eigenvalue weighted by Crippen LogP contribution is 2.23. The number of rotatable bonds is 4. The second-order valence-corrected chi connectivity index (χ2v) is 6.46. The minimum atomic E-state index is 0.765. The van der Waals surface area contributed by atoms with Crippen molar-refractivity contribution in [3.8, 4) is 11.4 Å². The number of anilines is 1. The van der Waals surface area contributed by atoms with Gasteiger partial charge in [0, 0.05) is 34.6 Å². The highest BCUT2D eigenvalue weighted by atomic mass is 32.1. The van der Waals surface area contributed by atoms with Crippen LogP contribution in [0.1, 0.15) is 15.3 Å². The summed E-state index contributed by atoms with van der Waals surface area (Å²) in [5, 5.41) is 15.1. The Morgan fingerprint density at radius 1 is 1.24 bits per heavy atom. The molecule has 0 spiro atoms. The molecule has 21 heavy (non-hydrogen) atoms. The van der Waals surface area contributed by atoms with E-state index in [1.807, 2.05) is 30.5 Å². The van der Waals surface area contributed by atoms with E-state index in [0.29, 0.717) is 0 Å². The first-order chi connectivity index (χ1) is 10.1. The van der Waals surface area contributed by atoms with Crippen molar-refractivity contribution < 1.29 is 0 Å². The zero-order chi connectivity index (χ0) is 14.8. The predicted octanol–water partition coefficient (Wildman–Crippen LogP) is 3.17. The first-order valence-corrected chi connectivity index (χ1v) is 7.57. The van der Waals surface area contributed by atoms with E-state index in [1.165, 1.54) is 15.3 Å². The van der Waals surface area contributed by atoms with Gasteiger partial charge >= 0.3 is 0 Å². The summed E-state index contributed by atoms with van der Waals surface area (Å²) in [4.78, 5) is 2.72. The molecular weight excluding hydrogens is 282 g/mol. The Morgan fingerprint density at radius 3 is 2.76 bits per heavy atom. The fourth-order valence-corrected chi connectivity index (χ4v) is 3.24. The molecule has 0 bridgehead atoms. The van der Waals surface area contributed by atoms with Gasteiger partial charge in [-0.3, -0.25) is 0 Å². The van der Waals surface area contributed by atoms with E-state index in [4.69, 9.17) is 0 Å². The molecule has 1 aromatic carbocycles. The number of aromatic nitrogens is 4. The third-order valence-corrected chi connectivity index (χ3v) is 4.38. The maximum absolute atomic E-state index is 4.04. The van der Waals surface area contributed by atoms with Gasteiger partial charge in [-0.1, -0.05) is 12.1 Å². The van der Waals surface area contributed by atoms with E-state index in [1.54, 1.807) is 4.68 Å². The minimum Gasteiger partial charge on any atom is -0.381 e. The normalized spacial score (nSPS) is 10.8. The van der Waals surface area contributed by atoms with Crippen molar-refractivity contribution in [2.45, 2.75) is 20.4 Å². The third kappa shape index (κ3) is 2.95. The summed E-state index contributed by atoms with van der Waals surface area (Å²) < 4.78 is 1.67. The minimum absolute atomic E-state index is 0.765. The zero-order valence-electron chi connectivity index (χ0n) is 12.3. The van der Waals surface area contributed by atoms with E-state index in [2.05, 4.69) is 52.9 Å². The summed E-state index contributed by atoms with van der Waals surface area (Å²) in [5.41, 5.74) is 3.42. The van der Waals surface area contributed by atoms with E-state index < -0.39 is 0 Å². The summed E-state index contributed by atoms with van der Waals surface area (Å²) in [7, 11) is 1.84. The average molecular weight is 299 g/mol. The molecule has 3 rings (SSSR count). The summed E-state index contributed by atoms with van der Waals surface area (Å²) >= 11 is 1.84. The summed E-state index contributed by atoms with van der Waals surface area (Å²) in [6, 6.07) is 10.4. The van der Waals surface area contributed by atoms with Gasteiger partial charge in [0.1, 0.15) is 0 Å². The van der Waals surface area contributed by atoms with Crippen LogP contribution in [0.2, 0.25) is 0 Å². The van der Waals surface area contributed by atoms with Crippen LogP contribution in [0.3, 0.4) is 0 Å². The molecular formula is C15H17N5S. The van der Waals surface area contributed by atoms with E-state index in [0.717, 1.165) is 23.6 Å². The van der Waals surface area contributed by atoms with Crippen LogP contribution in [0, 0.1) is 13.8 Å². The lowest BCUT2D eigenvalue weighted by molar-refractivity contribution is 0.714. The van der Waals surface area contributed by atoms with Crippen LogP contribution in [0.25, 0.3) is 11.4 Å². The van der Waals surface area contributed by atoms with Crippen LogP contribution in [0.15, 0.2) is 30.3 Å². The molecule has 2 heterocycles. The Morgan fingerprint density at radius 2 is 2.10 bits per heavy atom. The monoisotopic (exact) mass is 299 g/mol. The van der Waals surface area contributed by atoms with Gasteiger partial charge in [-0.05, 0) is 48.0 Å². The lowest BCUT2D eigenvalue weighted by Crippen LogP contribution is -2.00. The van der Waals surface area contributed by atoms with Crippen molar-refractivity contribution in [1.29, 1.82) is 0 Å². The maximum Gasteiger partial charge on any atom is 0.181 e. The number of nitrogens with zero attached hydrogens (tertiary/aromatic N) is 4. The molecule has 108 valence electrons. The summed E-state index contributed by atoms with van der Waals surface area (Å²) in [6.07, 6.45) is 0. The molecule has 1 N–H and O–H groups in total. The molecule has 0 saturated carbocycles. The maximum atomic E-state index is 4.04. The summed E-state index contributed by atoms with van der Waals surface area (Å²) in [6.45, 7) is 5.13. The van der Waals surface area contributed by atoms with Gasteiger partial charge in [0.05, 0.1) is 0 Å². The topological polar surface area (TPSA) is 55.6 Å². The van der Waals surface area contributed by atoms with Crippen LogP contribution in [-0.4, -0.2) is 20.2 Å². The van der Waals surface area contributed by atoms with Gasteiger partial charge in [-0.2, -0.15) is 0 Å². The van der Waals surface area contributed by atoms with Crippen LogP contribution in [0.5, 0.6) is 0 Å². The first-order valence-electron chi connectivity index (χ1n) is 6.76. The molecule has 6 heteroatoms. The van der Waals surface area contributed by atoms with Crippen molar-refractivity contribution in [3.05, 3.63) is 45.6 Å². The number of nitrogens with one attached hydrogen (secondary N) is 1. The fourth-order valence-electron chi connectivity index (χ4n) is 2.30. The van der Waals surface area contributed by atoms with E-state index in [-0.39, 0.29) is 0 Å². The molecule has 3 aromatic rings. The van der Waals surface area contributed by atoms with Crippen molar-refractivity contribution in [3.63, 3.8) is 0 Å². The number of hydrogen-bond acceptors (Lipinski definition) is 5. The van der Waals surface area contributed by atoms with Crippen LogP contribution >= 0.6 is 11.3 Å². The molecule has 0 amide bonds. The van der Waals surface area contributed by atoms with Crippen molar-refractivity contribution in [1.82, 2.24) is 20.2 Å². The third-order valence-electron chi connectivity index (χ3n) is 3.37. The number of tetrazole rings is 1. The van der Waals surface area contributed by atoms with Gasteiger partial charge in [0.2, 0.25) is 0 Å². The molecule has 0 aliphatic rings. The highest BCUT2D eigenvalue weighted by Gasteiger charge is 2.07. The van der Waals surface area contributed by atoms with Crippen LogP contribution < -0.4 is 5.32 Å². The van der Waals surface area contributed by atoms with Crippen LogP contribution in [0.4, 0.5) is 5.69 Å². The SMILES string of the molecule is Cc1cc(CNc2cccc(-c3nnnn3C)c2)c(C)s1. The van der Waals surface area contributed by atoms with Gasteiger partial charge in [-0.25, -0.2) is 4.68 Å². The smallest absolute Gasteiger partial charge is 0.181 e. The van der Waals surface area contributed by atoms with Crippen molar-refractivity contribution >= 4 is 17.0 Å². The van der Waals surface area contributed by atoms with Crippen LogP contribution in [-0.2, 0) is 13.6 Å². The molecule has 5 nitrogen and oxygen atoms in total. The Bertz CT molecular complexity index is 759. The predicted molar refractivity (Wildman–Crippen MR) is 85.4 cm³/mol. The quantitative estimate of drug-likeness (QED) is 0.804. The van der Waals surface area contributed by atoms with E-state index in [9.17, 15) is 0 Å². The first kappa shape index (κ1) is 13.8. The number of benzene rings is 1. The number of aryl methyl sites for hydroxylation is 3. The Kier molecular flexibility index (Phi) is 3.70. The van der Waals surface area contributed by atoms with Gasteiger partial charge in [0.25, 0.3) is 0 Å². The van der Waals surface area contributed by atoms with Crippen molar-refractivity contribution in [2.24, 2.45) is 7.05 Å². The highest BCUT2D eigenvalue weighted by molar-refractivity contribution is 7.12. The van der Waals surface area contributed by atoms with Gasteiger partial charge < -0.3 is 5.32 Å². The fraction of sp³-hybridized carbons (Fsp3) is 0.267. The van der Waals surface area contributed by atoms with Gasteiger partial charge in [0.15, 0.2) is 5.82 Å². The Balaban J connectivity index is 1.78. The molecule has 0 fully saturated rings. The Hall–Kier alpha value is -2.21. The standard InChI is InChI=1S/C15H17N5S/c1-10-7-13(11(2)21-10)9-16-14-6-4-5-12(8-14)15-17-18-19-20(15)3/h4-8,16H,9H2,1-3H3. The number of hydrogen-bond donors (Lipinski definition) is 1. The summed E-state index contributed by atoms with van der Waals surface area (Å²) in [5.74, 6) is 0.765. The second-order valence-electron chi connectivity index (χ2n) is 5.00. The van der Waals surface area contributed by atoms with Gasteiger partial charge in [-0.15, -0.1) is 16.4 Å². The van der Waals surface area contributed by atoms with E-state index >= 15 is 0 Å². The molecule has 0 aliphatic carbocycles. The van der Waals surface area contributed by atoms with Crippen molar-refractivity contribution in [2.75, 3.05) is 5.32 Å². The molecule has 0 radical (unpaired) electrons. The number of thiophene rings is 1. The molecule has 0 unspecified atom stereocenters. The zero-order valence-corrected chi connectivity index (χ0v) is 13.1.